The van der Waals surface area contributed by atoms with Crippen molar-refractivity contribution >= 4 is 0 Å². The Morgan fingerprint density at radius 3 is 2.47 bits per heavy atom. The Balaban J connectivity index is 2.86. The van der Waals surface area contributed by atoms with Crippen molar-refractivity contribution in [2.45, 2.75) is 33.7 Å². The molecule has 0 bridgehead atoms. The number of rotatable bonds is 4. The highest BCUT2D eigenvalue weighted by Gasteiger charge is 2.08. The van der Waals surface area contributed by atoms with Crippen LogP contribution in [0.2, 0.25) is 0 Å². The zero-order valence-electron chi connectivity index (χ0n) is 10.1. The fourth-order valence-corrected chi connectivity index (χ4v) is 1.41. The van der Waals surface area contributed by atoms with Crippen LogP contribution in [-0.2, 0) is 0 Å². The van der Waals surface area contributed by atoms with Gasteiger partial charge in [0.05, 0.1) is 6.61 Å². The van der Waals surface area contributed by atoms with Gasteiger partial charge in [0, 0.05) is 11.6 Å². The van der Waals surface area contributed by atoms with Gasteiger partial charge in [-0.15, -0.1) is 0 Å². The third-order valence-corrected chi connectivity index (χ3v) is 2.23. The molecule has 0 saturated carbocycles. The van der Waals surface area contributed by atoms with Gasteiger partial charge in [-0.05, 0) is 25.8 Å². The Morgan fingerprint density at radius 1 is 1.27 bits per heavy atom. The summed E-state index contributed by atoms with van der Waals surface area (Å²) in [5.41, 5.74) is 8.22. The zero-order chi connectivity index (χ0) is 11.4. The summed E-state index contributed by atoms with van der Waals surface area (Å²) >= 11 is 0. The summed E-state index contributed by atoms with van der Waals surface area (Å²) in [6, 6.07) is 6.19. The molecule has 0 aliphatic heterocycles. The van der Waals surface area contributed by atoms with E-state index in [9.17, 15) is 0 Å². The van der Waals surface area contributed by atoms with Crippen molar-refractivity contribution in [3.05, 3.63) is 29.3 Å². The third kappa shape index (κ3) is 3.56. The van der Waals surface area contributed by atoms with Crippen LogP contribution in [0.3, 0.4) is 0 Å². The fraction of sp³-hybridized carbons (Fsp3) is 0.538. The lowest BCUT2D eigenvalue weighted by Crippen LogP contribution is -2.11. The van der Waals surface area contributed by atoms with Gasteiger partial charge in [0.1, 0.15) is 5.75 Å². The monoisotopic (exact) mass is 207 g/mol. The third-order valence-electron chi connectivity index (χ3n) is 2.23. The summed E-state index contributed by atoms with van der Waals surface area (Å²) in [5, 5.41) is 0. The molecule has 15 heavy (non-hydrogen) atoms. The number of aryl methyl sites for hydroxylation is 1. The van der Waals surface area contributed by atoms with E-state index in [0.717, 1.165) is 17.9 Å². The maximum absolute atomic E-state index is 5.91. The predicted octanol–water partition coefficient (Wildman–Crippen LogP) is 3.05. The summed E-state index contributed by atoms with van der Waals surface area (Å²) in [6.07, 6.45) is 0. The Morgan fingerprint density at radius 2 is 1.93 bits per heavy atom. The van der Waals surface area contributed by atoms with Crippen molar-refractivity contribution in [3.8, 4) is 5.75 Å². The van der Waals surface area contributed by atoms with Gasteiger partial charge >= 0.3 is 0 Å². The minimum absolute atomic E-state index is 0.0204. The minimum atomic E-state index is 0.0204. The molecule has 2 nitrogen and oxygen atoms in total. The van der Waals surface area contributed by atoms with Crippen molar-refractivity contribution in [2.75, 3.05) is 6.61 Å². The standard InChI is InChI=1S/C13H21NO/c1-9(2)8-15-13-6-5-10(3)7-12(13)11(4)14/h5-7,9,11H,8,14H2,1-4H3/t11-/m0/s1. The molecule has 1 aromatic carbocycles. The molecule has 0 aliphatic rings. The van der Waals surface area contributed by atoms with E-state index in [-0.39, 0.29) is 6.04 Å². The molecule has 1 atom stereocenters. The van der Waals surface area contributed by atoms with E-state index in [1.807, 2.05) is 13.0 Å². The van der Waals surface area contributed by atoms with Crippen LogP contribution < -0.4 is 10.5 Å². The van der Waals surface area contributed by atoms with Crippen molar-refractivity contribution in [2.24, 2.45) is 11.7 Å². The smallest absolute Gasteiger partial charge is 0.124 e. The molecule has 0 radical (unpaired) electrons. The molecule has 0 heterocycles. The van der Waals surface area contributed by atoms with Crippen molar-refractivity contribution < 1.29 is 4.74 Å². The van der Waals surface area contributed by atoms with E-state index in [1.54, 1.807) is 0 Å². The Labute approximate surface area is 92.4 Å². The first-order valence-corrected chi connectivity index (χ1v) is 5.49. The average Bonchev–Trinajstić information content (AvgIpc) is 2.15. The van der Waals surface area contributed by atoms with Gasteiger partial charge in [-0.25, -0.2) is 0 Å². The maximum atomic E-state index is 5.91. The van der Waals surface area contributed by atoms with E-state index in [1.165, 1.54) is 5.56 Å². The average molecular weight is 207 g/mol. The first-order valence-electron chi connectivity index (χ1n) is 5.49. The number of ether oxygens (including phenoxy) is 1. The molecule has 0 spiro atoms. The van der Waals surface area contributed by atoms with Gasteiger partial charge in [-0.2, -0.15) is 0 Å². The molecule has 0 aromatic heterocycles. The number of hydrogen-bond donors (Lipinski definition) is 1. The summed E-state index contributed by atoms with van der Waals surface area (Å²) < 4.78 is 5.73. The van der Waals surface area contributed by atoms with E-state index in [2.05, 4.69) is 32.9 Å². The Hall–Kier alpha value is -1.02. The van der Waals surface area contributed by atoms with Crippen LogP contribution in [0.1, 0.15) is 37.9 Å². The maximum Gasteiger partial charge on any atom is 0.124 e. The molecular formula is C13H21NO. The van der Waals surface area contributed by atoms with Crippen LogP contribution in [0.4, 0.5) is 0 Å². The quantitative estimate of drug-likeness (QED) is 0.823. The molecule has 0 amide bonds. The molecule has 0 saturated heterocycles. The molecular weight excluding hydrogens is 186 g/mol. The van der Waals surface area contributed by atoms with E-state index in [4.69, 9.17) is 10.5 Å². The Kier molecular flexibility index (Phi) is 4.15. The molecule has 1 rings (SSSR count). The summed E-state index contributed by atoms with van der Waals surface area (Å²) in [6.45, 7) is 9.07. The fourth-order valence-electron chi connectivity index (χ4n) is 1.41. The Bertz CT molecular complexity index is 318. The summed E-state index contributed by atoms with van der Waals surface area (Å²) in [4.78, 5) is 0. The first-order chi connectivity index (χ1) is 7.00. The van der Waals surface area contributed by atoms with E-state index < -0.39 is 0 Å². The SMILES string of the molecule is Cc1ccc(OCC(C)C)c([C@H](C)N)c1. The highest BCUT2D eigenvalue weighted by molar-refractivity contribution is 5.38. The van der Waals surface area contributed by atoms with Gasteiger partial charge in [0.2, 0.25) is 0 Å². The number of hydrogen-bond acceptors (Lipinski definition) is 2. The van der Waals surface area contributed by atoms with Crippen LogP contribution >= 0.6 is 0 Å². The molecule has 2 N–H and O–H groups in total. The molecule has 1 aromatic rings. The van der Waals surface area contributed by atoms with E-state index in [0.29, 0.717) is 5.92 Å². The van der Waals surface area contributed by atoms with E-state index >= 15 is 0 Å². The topological polar surface area (TPSA) is 35.2 Å². The first kappa shape index (κ1) is 12.1. The molecule has 84 valence electrons. The number of benzene rings is 1. The second-order valence-corrected chi connectivity index (χ2v) is 4.53. The zero-order valence-corrected chi connectivity index (χ0v) is 10.1. The predicted molar refractivity (Wildman–Crippen MR) is 64.1 cm³/mol. The molecule has 0 fully saturated rings. The molecule has 0 aliphatic carbocycles. The summed E-state index contributed by atoms with van der Waals surface area (Å²) in [7, 11) is 0. The lowest BCUT2D eigenvalue weighted by atomic mass is 10.1. The van der Waals surface area contributed by atoms with Gasteiger partial charge < -0.3 is 10.5 Å². The van der Waals surface area contributed by atoms with Gasteiger partial charge in [-0.1, -0.05) is 31.5 Å². The highest BCUT2D eigenvalue weighted by atomic mass is 16.5. The van der Waals surface area contributed by atoms with Gasteiger partial charge in [-0.3, -0.25) is 0 Å². The number of nitrogens with two attached hydrogens (primary N) is 1. The van der Waals surface area contributed by atoms with Crippen molar-refractivity contribution in [3.63, 3.8) is 0 Å². The van der Waals surface area contributed by atoms with Crippen molar-refractivity contribution in [1.82, 2.24) is 0 Å². The van der Waals surface area contributed by atoms with Crippen LogP contribution in [0, 0.1) is 12.8 Å². The van der Waals surface area contributed by atoms with Crippen LogP contribution in [0.15, 0.2) is 18.2 Å². The normalized spacial score (nSPS) is 12.9. The lowest BCUT2D eigenvalue weighted by Gasteiger charge is -2.16. The summed E-state index contributed by atoms with van der Waals surface area (Å²) in [5.74, 6) is 1.46. The minimum Gasteiger partial charge on any atom is -0.493 e. The van der Waals surface area contributed by atoms with Crippen LogP contribution in [-0.4, -0.2) is 6.61 Å². The molecule has 2 heteroatoms. The molecule has 0 unspecified atom stereocenters. The van der Waals surface area contributed by atoms with Gasteiger partial charge in [0.25, 0.3) is 0 Å². The lowest BCUT2D eigenvalue weighted by molar-refractivity contribution is 0.267. The van der Waals surface area contributed by atoms with Crippen LogP contribution in [0.25, 0.3) is 0 Å². The highest BCUT2D eigenvalue weighted by Crippen LogP contribution is 2.25. The second kappa shape index (κ2) is 5.17. The van der Waals surface area contributed by atoms with Gasteiger partial charge in [0.15, 0.2) is 0 Å². The second-order valence-electron chi connectivity index (χ2n) is 4.53. The van der Waals surface area contributed by atoms with Crippen molar-refractivity contribution in [1.29, 1.82) is 0 Å². The largest absolute Gasteiger partial charge is 0.493 e. The van der Waals surface area contributed by atoms with Crippen LogP contribution in [0.5, 0.6) is 5.75 Å².